The second kappa shape index (κ2) is 4.75. The van der Waals surface area contributed by atoms with Crippen LogP contribution in [0.4, 0.5) is 8.78 Å². The van der Waals surface area contributed by atoms with Crippen molar-refractivity contribution in [1.29, 1.82) is 0 Å². The van der Waals surface area contributed by atoms with E-state index in [-0.39, 0.29) is 23.3 Å². The summed E-state index contributed by atoms with van der Waals surface area (Å²) in [5.74, 6) is -1.75. The first-order chi connectivity index (χ1) is 8.08. The van der Waals surface area contributed by atoms with Gasteiger partial charge in [0.25, 0.3) is 0 Å². The second-order valence-corrected chi connectivity index (χ2v) is 4.79. The summed E-state index contributed by atoms with van der Waals surface area (Å²) in [7, 11) is 0. The van der Waals surface area contributed by atoms with Gasteiger partial charge in [0.2, 0.25) is 0 Å². The number of hydrogen-bond acceptors (Lipinski definition) is 2. The third-order valence-electron chi connectivity index (χ3n) is 2.46. The zero-order valence-corrected chi connectivity index (χ0v) is 9.98. The van der Waals surface area contributed by atoms with Gasteiger partial charge in [0.15, 0.2) is 5.78 Å². The van der Waals surface area contributed by atoms with Gasteiger partial charge in [-0.3, -0.25) is 4.79 Å². The van der Waals surface area contributed by atoms with Gasteiger partial charge in [0.05, 0.1) is 5.56 Å². The van der Waals surface area contributed by atoms with Crippen molar-refractivity contribution in [2.45, 2.75) is 13.3 Å². The van der Waals surface area contributed by atoms with Crippen LogP contribution in [0.3, 0.4) is 0 Å². The molecule has 0 aliphatic heterocycles. The van der Waals surface area contributed by atoms with Crippen LogP contribution in [-0.2, 0) is 6.42 Å². The number of Topliss-reactive ketones (excluding diaryl/α,β-unsaturated/α-hetero) is 1. The Hall–Kier alpha value is -1.55. The lowest BCUT2D eigenvalue weighted by Gasteiger charge is -2.04. The lowest BCUT2D eigenvalue weighted by molar-refractivity contribution is 0.0990. The zero-order valence-electron chi connectivity index (χ0n) is 9.17. The summed E-state index contributed by atoms with van der Waals surface area (Å²) in [6, 6.07) is 5.67. The highest BCUT2D eigenvalue weighted by molar-refractivity contribution is 7.10. The van der Waals surface area contributed by atoms with E-state index in [0.717, 1.165) is 10.9 Å². The van der Waals surface area contributed by atoms with E-state index in [1.807, 2.05) is 17.5 Å². The third-order valence-corrected chi connectivity index (χ3v) is 3.34. The predicted molar refractivity (Wildman–Crippen MR) is 63.4 cm³/mol. The number of rotatable bonds is 3. The zero-order chi connectivity index (χ0) is 12.4. The van der Waals surface area contributed by atoms with Crippen molar-refractivity contribution in [3.63, 3.8) is 0 Å². The van der Waals surface area contributed by atoms with Crippen molar-refractivity contribution >= 4 is 17.1 Å². The molecule has 0 fully saturated rings. The fourth-order valence-electron chi connectivity index (χ4n) is 1.54. The highest BCUT2D eigenvalue weighted by Gasteiger charge is 2.15. The first-order valence-electron chi connectivity index (χ1n) is 5.09. The molecule has 1 aromatic carbocycles. The summed E-state index contributed by atoms with van der Waals surface area (Å²) in [6.45, 7) is 1.51. The van der Waals surface area contributed by atoms with Gasteiger partial charge in [-0.1, -0.05) is 6.07 Å². The molecule has 0 aliphatic rings. The van der Waals surface area contributed by atoms with Crippen LogP contribution in [0.15, 0.2) is 29.6 Å². The van der Waals surface area contributed by atoms with E-state index in [2.05, 4.69) is 0 Å². The van der Waals surface area contributed by atoms with Crippen LogP contribution in [0.5, 0.6) is 0 Å². The Balaban J connectivity index is 2.28. The Morgan fingerprint density at radius 3 is 2.71 bits per heavy atom. The minimum atomic E-state index is -0.797. The molecule has 0 aliphatic carbocycles. The van der Waals surface area contributed by atoms with Crippen LogP contribution in [0, 0.1) is 18.6 Å². The molecule has 0 bridgehead atoms. The number of ketones is 1. The van der Waals surface area contributed by atoms with Crippen molar-refractivity contribution in [2.24, 2.45) is 0 Å². The lowest BCUT2D eigenvalue weighted by Crippen LogP contribution is -2.06. The van der Waals surface area contributed by atoms with Crippen LogP contribution in [0.1, 0.15) is 20.8 Å². The molecule has 0 amide bonds. The summed E-state index contributed by atoms with van der Waals surface area (Å²) in [5.41, 5.74) is 0.234. The molecule has 1 aromatic heterocycles. The Morgan fingerprint density at radius 1 is 1.29 bits per heavy atom. The Kier molecular flexibility index (Phi) is 3.33. The Morgan fingerprint density at radius 2 is 2.06 bits per heavy atom. The lowest BCUT2D eigenvalue weighted by atomic mass is 10.0. The van der Waals surface area contributed by atoms with E-state index in [4.69, 9.17) is 0 Å². The maximum Gasteiger partial charge on any atom is 0.171 e. The summed E-state index contributed by atoms with van der Waals surface area (Å²) in [5, 5.41) is 1.86. The molecule has 0 radical (unpaired) electrons. The van der Waals surface area contributed by atoms with Crippen LogP contribution >= 0.6 is 11.3 Å². The first-order valence-corrected chi connectivity index (χ1v) is 5.97. The normalized spacial score (nSPS) is 10.5. The topological polar surface area (TPSA) is 17.1 Å². The molecular weight excluding hydrogens is 242 g/mol. The summed E-state index contributed by atoms with van der Waals surface area (Å²) < 4.78 is 26.5. The van der Waals surface area contributed by atoms with E-state index in [9.17, 15) is 13.6 Å². The minimum absolute atomic E-state index is 0.0442. The van der Waals surface area contributed by atoms with Gasteiger partial charge in [-0.25, -0.2) is 8.78 Å². The molecule has 4 heteroatoms. The molecule has 0 atom stereocenters. The van der Waals surface area contributed by atoms with E-state index in [1.165, 1.54) is 24.3 Å². The van der Waals surface area contributed by atoms with Crippen molar-refractivity contribution < 1.29 is 13.6 Å². The molecule has 0 N–H and O–H groups in total. The molecule has 1 nitrogen and oxygen atoms in total. The van der Waals surface area contributed by atoms with Crippen LogP contribution in [0.25, 0.3) is 0 Å². The molecule has 2 rings (SSSR count). The van der Waals surface area contributed by atoms with Crippen molar-refractivity contribution in [2.75, 3.05) is 0 Å². The van der Waals surface area contributed by atoms with Crippen molar-refractivity contribution in [3.8, 4) is 0 Å². The smallest absolute Gasteiger partial charge is 0.171 e. The monoisotopic (exact) mass is 252 g/mol. The maximum absolute atomic E-state index is 13.5. The highest BCUT2D eigenvalue weighted by Crippen LogP contribution is 2.18. The van der Waals surface area contributed by atoms with Crippen LogP contribution in [-0.4, -0.2) is 5.78 Å². The molecule has 88 valence electrons. The molecule has 2 aromatic rings. The Bertz CT molecular complexity index is 547. The van der Waals surface area contributed by atoms with E-state index in [1.54, 1.807) is 0 Å². The van der Waals surface area contributed by atoms with Gasteiger partial charge in [0, 0.05) is 17.4 Å². The average Bonchev–Trinajstić information content (AvgIpc) is 2.76. The van der Waals surface area contributed by atoms with Gasteiger partial charge >= 0.3 is 0 Å². The third kappa shape index (κ3) is 2.58. The van der Waals surface area contributed by atoms with E-state index in [0.29, 0.717) is 0 Å². The van der Waals surface area contributed by atoms with Crippen LogP contribution in [0.2, 0.25) is 0 Å². The number of carbonyl (C=O) groups excluding carboxylic acids is 1. The number of carbonyl (C=O) groups is 1. The van der Waals surface area contributed by atoms with Gasteiger partial charge in [0.1, 0.15) is 11.6 Å². The summed E-state index contributed by atoms with van der Waals surface area (Å²) >= 11 is 1.44. The molecule has 0 saturated heterocycles. The fourth-order valence-corrected chi connectivity index (χ4v) is 2.24. The Labute approximate surface area is 102 Å². The number of aryl methyl sites for hydroxylation is 1. The number of halogens is 2. The highest BCUT2D eigenvalue weighted by atomic mass is 32.1. The predicted octanol–water partition coefficient (Wildman–Crippen LogP) is 3.76. The first kappa shape index (κ1) is 11.9. The maximum atomic E-state index is 13.5. The molecule has 1 heterocycles. The quantitative estimate of drug-likeness (QED) is 0.760. The van der Waals surface area contributed by atoms with Crippen molar-refractivity contribution in [3.05, 3.63) is 57.3 Å². The average molecular weight is 252 g/mol. The molecular formula is C13H10F2OS. The number of hydrogen-bond donors (Lipinski definition) is 0. The van der Waals surface area contributed by atoms with E-state index < -0.39 is 11.6 Å². The van der Waals surface area contributed by atoms with Crippen molar-refractivity contribution in [1.82, 2.24) is 0 Å². The largest absolute Gasteiger partial charge is 0.294 e. The molecule has 17 heavy (non-hydrogen) atoms. The minimum Gasteiger partial charge on any atom is -0.294 e. The molecule has 0 saturated carbocycles. The van der Waals surface area contributed by atoms with E-state index >= 15 is 0 Å². The summed E-state index contributed by atoms with van der Waals surface area (Å²) in [4.78, 5) is 12.7. The van der Waals surface area contributed by atoms with Gasteiger partial charge in [-0.05, 0) is 30.0 Å². The number of thiophene rings is 1. The van der Waals surface area contributed by atoms with Gasteiger partial charge in [-0.2, -0.15) is 0 Å². The number of benzene rings is 1. The van der Waals surface area contributed by atoms with Crippen LogP contribution < -0.4 is 0 Å². The standard InChI is InChI=1S/C13H10F2OS/c1-8-5-10(12(15)7-11(8)14)13(16)6-9-3-2-4-17-9/h2-5,7H,6H2,1H3. The molecule has 0 unspecified atom stereocenters. The second-order valence-electron chi connectivity index (χ2n) is 3.76. The summed E-state index contributed by atoms with van der Waals surface area (Å²) in [6.07, 6.45) is 0.152. The van der Waals surface area contributed by atoms with Gasteiger partial charge in [-0.15, -0.1) is 11.3 Å². The van der Waals surface area contributed by atoms with Gasteiger partial charge < -0.3 is 0 Å². The SMILES string of the molecule is Cc1cc(C(=O)Cc2cccs2)c(F)cc1F. The fraction of sp³-hybridized carbons (Fsp3) is 0.154. The molecule has 0 spiro atoms.